The van der Waals surface area contributed by atoms with Crippen LogP contribution in [-0.2, 0) is 6.54 Å². The van der Waals surface area contributed by atoms with Crippen LogP contribution in [0.3, 0.4) is 0 Å². The Bertz CT molecular complexity index is 520. The normalized spacial score (nSPS) is 10.7. The van der Waals surface area contributed by atoms with Gasteiger partial charge in [-0.05, 0) is 25.0 Å². The van der Waals surface area contributed by atoms with Crippen molar-refractivity contribution in [1.82, 2.24) is 10.2 Å². The van der Waals surface area contributed by atoms with Crippen molar-refractivity contribution < 1.29 is 4.74 Å². The average Bonchev–Trinajstić information content (AvgIpc) is 2.80. The van der Waals surface area contributed by atoms with Crippen molar-refractivity contribution in [3.8, 4) is 5.75 Å². The van der Waals surface area contributed by atoms with Gasteiger partial charge in [0.25, 0.3) is 0 Å². The Kier molecular flexibility index (Phi) is 4.44. The van der Waals surface area contributed by atoms with E-state index in [0.29, 0.717) is 5.92 Å². The van der Waals surface area contributed by atoms with Crippen LogP contribution in [0.4, 0.5) is 5.69 Å². The molecule has 0 amide bonds. The first kappa shape index (κ1) is 13.5. The Morgan fingerprint density at radius 2 is 2.21 bits per heavy atom. The minimum atomic E-state index is 0.533. The number of H-pyrrole nitrogens is 1. The SMILES string of the molecule is Cc1[nH]ncc1CNc1cccc(OCC(C)C)c1. The minimum Gasteiger partial charge on any atom is -0.493 e. The third-order valence-corrected chi connectivity index (χ3v) is 2.83. The van der Waals surface area contributed by atoms with Gasteiger partial charge in [-0.1, -0.05) is 19.9 Å². The monoisotopic (exact) mass is 259 g/mol. The lowest BCUT2D eigenvalue weighted by Crippen LogP contribution is -2.05. The van der Waals surface area contributed by atoms with Gasteiger partial charge in [0.1, 0.15) is 5.75 Å². The Morgan fingerprint density at radius 3 is 2.89 bits per heavy atom. The zero-order valence-corrected chi connectivity index (χ0v) is 11.7. The molecule has 1 aromatic heterocycles. The maximum atomic E-state index is 5.71. The molecule has 0 fully saturated rings. The molecule has 2 rings (SSSR count). The van der Waals surface area contributed by atoms with Crippen LogP contribution in [0.25, 0.3) is 0 Å². The smallest absolute Gasteiger partial charge is 0.121 e. The van der Waals surface area contributed by atoms with E-state index in [1.165, 1.54) is 5.56 Å². The summed E-state index contributed by atoms with van der Waals surface area (Å²) in [6.45, 7) is 7.81. The summed E-state index contributed by atoms with van der Waals surface area (Å²) in [7, 11) is 0. The molecule has 4 nitrogen and oxygen atoms in total. The number of aromatic amines is 1. The van der Waals surface area contributed by atoms with E-state index in [2.05, 4.69) is 29.4 Å². The molecule has 0 aliphatic heterocycles. The molecule has 1 aromatic carbocycles. The van der Waals surface area contributed by atoms with Gasteiger partial charge in [-0.25, -0.2) is 0 Å². The van der Waals surface area contributed by atoms with Crippen molar-refractivity contribution in [2.75, 3.05) is 11.9 Å². The van der Waals surface area contributed by atoms with Gasteiger partial charge in [0.2, 0.25) is 0 Å². The van der Waals surface area contributed by atoms with Crippen LogP contribution in [0.15, 0.2) is 30.5 Å². The highest BCUT2D eigenvalue weighted by molar-refractivity contribution is 5.48. The zero-order valence-electron chi connectivity index (χ0n) is 11.7. The van der Waals surface area contributed by atoms with Crippen molar-refractivity contribution in [3.05, 3.63) is 41.7 Å². The maximum Gasteiger partial charge on any atom is 0.121 e. The summed E-state index contributed by atoms with van der Waals surface area (Å²) in [5.74, 6) is 1.44. The summed E-state index contributed by atoms with van der Waals surface area (Å²) in [5.41, 5.74) is 3.33. The van der Waals surface area contributed by atoms with Crippen molar-refractivity contribution in [1.29, 1.82) is 0 Å². The highest BCUT2D eigenvalue weighted by atomic mass is 16.5. The van der Waals surface area contributed by atoms with E-state index in [1.54, 1.807) is 0 Å². The standard InChI is InChI=1S/C15H21N3O/c1-11(2)10-19-15-6-4-5-14(7-15)16-8-13-9-17-18-12(13)3/h4-7,9,11,16H,8,10H2,1-3H3,(H,17,18). The highest BCUT2D eigenvalue weighted by Crippen LogP contribution is 2.19. The topological polar surface area (TPSA) is 49.9 Å². The molecule has 0 spiro atoms. The summed E-state index contributed by atoms with van der Waals surface area (Å²) in [6.07, 6.45) is 1.85. The number of hydrogen-bond donors (Lipinski definition) is 2. The van der Waals surface area contributed by atoms with Gasteiger partial charge in [0.15, 0.2) is 0 Å². The third-order valence-electron chi connectivity index (χ3n) is 2.83. The van der Waals surface area contributed by atoms with E-state index in [1.807, 2.05) is 37.4 Å². The number of ether oxygens (including phenoxy) is 1. The van der Waals surface area contributed by atoms with Crippen LogP contribution in [0.1, 0.15) is 25.1 Å². The number of rotatable bonds is 6. The number of benzene rings is 1. The molecule has 2 aromatic rings. The predicted octanol–water partition coefficient (Wildman–Crippen LogP) is 3.37. The quantitative estimate of drug-likeness (QED) is 0.836. The summed E-state index contributed by atoms with van der Waals surface area (Å²) in [4.78, 5) is 0. The molecule has 4 heteroatoms. The zero-order chi connectivity index (χ0) is 13.7. The number of anilines is 1. The molecule has 1 heterocycles. The average molecular weight is 259 g/mol. The van der Waals surface area contributed by atoms with Crippen molar-refractivity contribution in [2.45, 2.75) is 27.3 Å². The number of aromatic nitrogens is 2. The molecule has 19 heavy (non-hydrogen) atoms. The molecule has 0 radical (unpaired) electrons. The first-order valence-corrected chi connectivity index (χ1v) is 6.60. The van der Waals surface area contributed by atoms with E-state index in [4.69, 9.17) is 4.74 Å². The van der Waals surface area contributed by atoms with E-state index < -0.39 is 0 Å². The van der Waals surface area contributed by atoms with Crippen LogP contribution in [0.5, 0.6) is 5.75 Å². The van der Waals surface area contributed by atoms with Crippen LogP contribution in [0.2, 0.25) is 0 Å². The molecule has 0 aliphatic rings. The van der Waals surface area contributed by atoms with E-state index in [9.17, 15) is 0 Å². The Balaban J connectivity index is 1.93. The van der Waals surface area contributed by atoms with Gasteiger partial charge in [-0.3, -0.25) is 5.10 Å². The Morgan fingerprint density at radius 1 is 1.37 bits per heavy atom. The van der Waals surface area contributed by atoms with Crippen molar-refractivity contribution >= 4 is 5.69 Å². The van der Waals surface area contributed by atoms with Gasteiger partial charge in [0.05, 0.1) is 12.8 Å². The third kappa shape index (κ3) is 4.02. The number of nitrogens with one attached hydrogen (secondary N) is 2. The number of aryl methyl sites for hydroxylation is 1. The largest absolute Gasteiger partial charge is 0.493 e. The fourth-order valence-electron chi connectivity index (χ4n) is 1.71. The molecular weight excluding hydrogens is 238 g/mol. The highest BCUT2D eigenvalue weighted by Gasteiger charge is 2.02. The molecule has 102 valence electrons. The van der Waals surface area contributed by atoms with Gasteiger partial charge < -0.3 is 10.1 Å². The van der Waals surface area contributed by atoms with Crippen LogP contribution < -0.4 is 10.1 Å². The van der Waals surface area contributed by atoms with Crippen LogP contribution >= 0.6 is 0 Å². The van der Waals surface area contributed by atoms with Gasteiger partial charge in [-0.2, -0.15) is 5.10 Å². The maximum absolute atomic E-state index is 5.71. The lowest BCUT2D eigenvalue weighted by atomic mass is 10.2. The lowest BCUT2D eigenvalue weighted by Gasteiger charge is -2.11. The van der Waals surface area contributed by atoms with Crippen molar-refractivity contribution in [2.24, 2.45) is 5.92 Å². The van der Waals surface area contributed by atoms with E-state index in [0.717, 1.165) is 30.3 Å². The Hall–Kier alpha value is -1.97. The second kappa shape index (κ2) is 6.27. The Labute approximate surface area is 114 Å². The number of nitrogens with zero attached hydrogens (tertiary/aromatic N) is 1. The molecule has 2 N–H and O–H groups in total. The van der Waals surface area contributed by atoms with Gasteiger partial charge in [-0.15, -0.1) is 0 Å². The summed E-state index contributed by atoms with van der Waals surface area (Å²) >= 11 is 0. The lowest BCUT2D eigenvalue weighted by molar-refractivity contribution is 0.271. The second-order valence-corrected chi connectivity index (χ2v) is 5.11. The molecule has 0 saturated heterocycles. The fraction of sp³-hybridized carbons (Fsp3) is 0.400. The van der Waals surface area contributed by atoms with Crippen LogP contribution in [-0.4, -0.2) is 16.8 Å². The summed E-state index contributed by atoms with van der Waals surface area (Å²) in [6, 6.07) is 8.05. The van der Waals surface area contributed by atoms with Crippen LogP contribution in [0, 0.1) is 12.8 Å². The van der Waals surface area contributed by atoms with Gasteiger partial charge in [0, 0.05) is 29.6 Å². The molecule has 0 bridgehead atoms. The minimum absolute atomic E-state index is 0.533. The molecular formula is C15H21N3O. The molecule has 0 aliphatic carbocycles. The second-order valence-electron chi connectivity index (χ2n) is 5.11. The molecule has 0 saturated carbocycles. The number of hydrogen-bond acceptors (Lipinski definition) is 3. The predicted molar refractivity (Wildman–Crippen MR) is 77.4 cm³/mol. The van der Waals surface area contributed by atoms with Crippen molar-refractivity contribution in [3.63, 3.8) is 0 Å². The first-order valence-electron chi connectivity index (χ1n) is 6.60. The molecule has 0 unspecified atom stereocenters. The van der Waals surface area contributed by atoms with E-state index >= 15 is 0 Å². The van der Waals surface area contributed by atoms with Gasteiger partial charge >= 0.3 is 0 Å². The molecule has 0 atom stereocenters. The first-order chi connectivity index (χ1) is 9.15. The van der Waals surface area contributed by atoms with E-state index in [-0.39, 0.29) is 0 Å². The fourth-order valence-corrected chi connectivity index (χ4v) is 1.71. The summed E-state index contributed by atoms with van der Waals surface area (Å²) in [5, 5.41) is 10.3. The summed E-state index contributed by atoms with van der Waals surface area (Å²) < 4.78 is 5.71.